The van der Waals surface area contributed by atoms with Gasteiger partial charge in [0.15, 0.2) is 5.82 Å². The Morgan fingerprint density at radius 2 is 2.00 bits per heavy atom. The SMILES string of the molecule is N#Cc1ccc(NCC(F)(F)c2cccc(F)c2)c(F)c1CC(=O)NCCONC(=N)N. The maximum Gasteiger partial charge on any atom is 0.290 e. The summed E-state index contributed by atoms with van der Waals surface area (Å²) in [5.41, 5.74) is 5.75. The van der Waals surface area contributed by atoms with Crippen molar-refractivity contribution in [1.29, 1.82) is 10.7 Å². The smallest absolute Gasteiger partial charge is 0.290 e. The number of benzene rings is 2. The number of anilines is 1. The van der Waals surface area contributed by atoms with Crippen LogP contribution in [0.5, 0.6) is 0 Å². The number of guanidine groups is 1. The molecule has 0 bridgehead atoms. The van der Waals surface area contributed by atoms with Gasteiger partial charge in [-0.05, 0) is 24.3 Å². The lowest BCUT2D eigenvalue weighted by molar-refractivity contribution is -0.120. The fraction of sp³-hybridized carbons (Fsp3) is 0.250. The van der Waals surface area contributed by atoms with E-state index in [-0.39, 0.29) is 30.0 Å². The average molecular weight is 452 g/mol. The Bertz CT molecular complexity index is 1030. The molecule has 0 aliphatic carbocycles. The van der Waals surface area contributed by atoms with Crippen LogP contribution in [0.2, 0.25) is 0 Å². The summed E-state index contributed by atoms with van der Waals surface area (Å²) < 4.78 is 56.8. The van der Waals surface area contributed by atoms with E-state index in [4.69, 9.17) is 16.0 Å². The molecule has 0 atom stereocenters. The number of nitrogens with one attached hydrogen (secondary N) is 4. The molecule has 0 saturated carbocycles. The summed E-state index contributed by atoms with van der Waals surface area (Å²) in [5, 5.41) is 20.8. The molecule has 0 fully saturated rings. The van der Waals surface area contributed by atoms with E-state index in [0.717, 1.165) is 24.3 Å². The van der Waals surface area contributed by atoms with E-state index in [0.29, 0.717) is 6.07 Å². The molecular weight excluding hydrogens is 432 g/mol. The number of nitrogens with zero attached hydrogens (tertiary/aromatic N) is 1. The van der Waals surface area contributed by atoms with Crippen LogP contribution in [0.4, 0.5) is 23.2 Å². The van der Waals surface area contributed by atoms with Crippen molar-refractivity contribution in [3.63, 3.8) is 0 Å². The predicted octanol–water partition coefficient (Wildman–Crippen LogP) is 2.11. The summed E-state index contributed by atoms with van der Waals surface area (Å²) in [5.74, 6) is -6.43. The van der Waals surface area contributed by atoms with Gasteiger partial charge >= 0.3 is 0 Å². The Kier molecular flexibility index (Phi) is 8.37. The largest absolute Gasteiger partial charge is 0.376 e. The van der Waals surface area contributed by atoms with Crippen LogP contribution in [-0.4, -0.2) is 31.6 Å². The number of carbonyl (C=O) groups is 1. The number of rotatable bonds is 10. The van der Waals surface area contributed by atoms with Gasteiger partial charge in [0, 0.05) is 17.7 Å². The third-order valence-corrected chi connectivity index (χ3v) is 4.16. The molecule has 32 heavy (non-hydrogen) atoms. The summed E-state index contributed by atoms with van der Waals surface area (Å²) in [6.07, 6.45) is -0.523. The number of hydrogen-bond acceptors (Lipinski definition) is 5. The number of nitrogens with two attached hydrogens (primary N) is 1. The third-order valence-electron chi connectivity index (χ3n) is 4.16. The van der Waals surface area contributed by atoms with Crippen molar-refractivity contribution in [2.45, 2.75) is 12.3 Å². The van der Waals surface area contributed by atoms with E-state index in [2.05, 4.69) is 16.1 Å². The lowest BCUT2D eigenvalue weighted by Crippen LogP contribution is -2.35. The van der Waals surface area contributed by atoms with Gasteiger partial charge in [0.1, 0.15) is 5.82 Å². The maximum absolute atomic E-state index is 14.9. The van der Waals surface area contributed by atoms with E-state index >= 15 is 0 Å². The highest BCUT2D eigenvalue weighted by atomic mass is 19.3. The Hall–Kier alpha value is -3.85. The second kappa shape index (κ2) is 11.0. The zero-order valence-corrected chi connectivity index (χ0v) is 16.6. The van der Waals surface area contributed by atoms with Gasteiger partial charge in [-0.15, -0.1) is 0 Å². The highest BCUT2D eigenvalue weighted by Crippen LogP contribution is 2.30. The Labute approximate surface area is 180 Å². The molecule has 2 aromatic carbocycles. The Morgan fingerprint density at radius 3 is 2.66 bits per heavy atom. The van der Waals surface area contributed by atoms with E-state index in [1.807, 2.05) is 0 Å². The minimum Gasteiger partial charge on any atom is -0.376 e. The van der Waals surface area contributed by atoms with Crippen LogP contribution in [0.25, 0.3) is 0 Å². The summed E-state index contributed by atoms with van der Waals surface area (Å²) in [7, 11) is 0. The molecule has 8 nitrogen and oxygen atoms in total. The van der Waals surface area contributed by atoms with E-state index in [1.165, 1.54) is 6.07 Å². The maximum atomic E-state index is 14.9. The van der Waals surface area contributed by atoms with Crippen molar-refractivity contribution in [2.24, 2.45) is 5.73 Å². The highest BCUT2D eigenvalue weighted by Gasteiger charge is 2.32. The fourth-order valence-electron chi connectivity index (χ4n) is 2.65. The molecule has 1 amide bonds. The number of alkyl halides is 2. The van der Waals surface area contributed by atoms with Gasteiger partial charge in [0.2, 0.25) is 11.9 Å². The number of amides is 1. The molecular formula is C20H20F4N6O2. The van der Waals surface area contributed by atoms with Crippen LogP contribution in [0, 0.1) is 28.4 Å². The number of halogens is 4. The van der Waals surface area contributed by atoms with Crippen LogP contribution in [0.15, 0.2) is 36.4 Å². The van der Waals surface area contributed by atoms with Crippen LogP contribution in [0.1, 0.15) is 16.7 Å². The molecule has 0 saturated heterocycles. The minimum atomic E-state index is -3.51. The van der Waals surface area contributed by atoms with Crippen LogP contribution in [0.3, 0.4) is 0 Å². The number of hydroxylamine groups is 1. The second-order valence-corrected chi connectivity index (χ2v) is 6.52. The van der Waals surface area contributed by atoms with Crippen molar-refractivity contribution < 1.29 is 27.2 Å². The van der Waals surface area contributed by atoms with Crippen LogP contribution >= 0.6 is 0 Å². The molecule has 12 heteroatoms. The Morgan fingerprint density at radius 1 is 1.25 bits per heavy atom. The van der Waals surface area contributed by atoms with Crippen LogP contribution in [-0.2, 0) is 22.0 Å². The van der Waals surface area contributed by atoms with E-state index < -0.39 is 48.0 Å². The van der Waals surface area contributed by atoms with Crippen molar-refractivity contribution in [3.8, 4) is 6.07 Å². The molecule has 0 unspecified atom stereocenters. The first-order valence-corrected chi connectivity index (χ1v) is 9.21. The van der Waals surface area contributed by atoms with Gasteiger partial charge < -0.3 is 16.4 Å². The number of hydrogen-bond donors (Lipinski definition) is 5. The molecule has 2 aromatic rings. The topological polar surface area (TPSA) is 136 Å². The molecule has 170 valence electrons. The molecule has 0 aliphatic rings. The quantitative estimate of drug-likeness (QED) is 0.123. The molecule has 0 aromatic heterocycles. The van der Waals surface area contributed by atoms with Crippen molar-refractivity contribution in [2.75, 3.05) is 25.0 Å². The van der Waals surface area contributed by atoms with Gasteiger partial charge in [0.05, 0.1) is 36.9 Å². The summed E-state index contributed by atoms with van der Waals surface area (Å²) >= 11 is 0. The Balaban J connectivity index is 2.06. The first-order chi connectivity index (χ1) is 15.1. The highest BCUT2D eigenvalue weighted by molar-refractivity contribution is 5.80. The van der Waals surface area contributed by atoms with Gasteiger partial charge in [-0.3, -0.25) is 15.0 Å². The zero-order chi connectivity index (χ0) is 23.7. The molecule has 0 heterocycles. The predicted molar refractivity (Wildman–Crippen MR) is 108 cm³/mol. The number of nitriles is 1. The van der Waals surface area contributed by atoms with E-state index in [9.17, 15) is 27.6 Å². The molecule has 0 radical (unpaired) electrons. The summed E-state index contributed by atoms with van der Waals surface area (Å²) in [6, 6.07) is 7.96. The summed E-state index contributed by atoms with van der Waals surface area (Å²) in [4.78, 5) is 16.8. The third kappa shape index (κ3) is 6.85. The number of carbonyl (C=O) groups excluding carboxylic acids is 1. The molecule has 6 N–H and O–H groups in total. The van der Waals surface area contributed by atoms with Crippen molar-refractivity contribution in [3.05, 3.63) is 64.7 Å². The second-order valence-electron chi connectivity index (χ2n) is 6.52. The van der Waals surface area contributed by atoms with Gasteiger partial charge in [0.25, 0.3) is 5.92 Å². The zero-order valence-electron chi connectivity index (χ0n) is 16.6. The van der Waals surface area contributed by atoms with E-state index in [1.54, 1.807) is 6.07 Å². The first-order valence-electron chi connectivity index (χ1n) is 9.21. The monoisotopic (exact) mass is 452 g/mol. The standard InChI is InChI=1S/C20H20F4N6O2/c21-14-3-1-2-13(8-14)20(23,24)11-29-16-5-4-12(10-25)15(18(16)22)9-17(31)28-6-7-32-30-19(26)27/h1-5,8,29H,6-7,9,11H2,(H,28,31)(H4,26,27,30). The first kappa shape index (κ1) is 24.4. The minimum absolute atomic E-state index is 0.000414. The molecule has 2 rings (SSSR count). The van der Waals surface area contributed by atoms with Gasteiger partial charge in [-0.1, -0.05) is 12.1 Å². The lowest BCUT2D eigenvalue weighted by atomic mass is 10.0. The lowest BCUT2D eigenvalue weighted by Gasteiger charge is -2.19. The van der Waals surface area contributed by atoms with Crippen molar-refractivity contribution in [1.82, 2.24) is 10.8 Å². The van der Waals surface area contributed by atoms with Gasteiger partial charge in [-0.25, -0.2) is 14.3 Å². The normalized spacial score (nSPS) is 10.8. The fourth-order valence-corrected chi connectivity index (χ4v) is 2.65. The summed E-state index contributed by atoms with van der Waals surface area (Å²) in [6.45, 7) is -1.08. The van der Waals surface area contributed by atoms with Crippen LogP contribution < -0.4 is 21.8 Å². The average Bonchev–Trinajstić information content (AvgIpc) is 2.74. The van der Waals surface area contributed by atoms with Crippen molar-refractivity contribution >= 4 is 17.6 Å². The molecule has 0 aliphatic heterocycles. The van der Waals surface area contributed by atoms with Gasteiger partial charge in [-0.2, -0.15) is 14.0 Å². The molecule has 0 spiro atoms.